The van der Waals surface area contributed by atoms with E-state index in [4.69, 9.17) is 20.5 Å². The van der Waals surface area contributed by atoms with Gasteiger partial charge in [-0.3, -0.25) is 0 Å². The first kappa shape index (κ1) is 31.9. The topological polar surface area (TPSA) is 87.6 Å². The predicted molar refractivity (Wildman–Crippen MR) is 139 cm³/mol. The van der Waals surface area contributed by atoms with Crippen molar-refractivity contribution in [1.29, 1.82) is 0 Å². The van der Waals surface area contributed by atoms with Gasteiger partial charge in [-0.25, -0.2) is 0 Å². The number of nitrogens with two attached hydrogens (primary N) is 2. The second-order valence-corrected chi connectivity index (χ2v) is 10.3. The second kappa shape index (κ2) is 25.6. The first-order valence-electron chi connectivity index (χ1n) is 13.9. The average molecular weight is 476 g/mol. The number of hydrogen-bond acceptors (Lipinski definition) is 5. The van der Waals surface area contributed by atoms with Gasteiger partial charge in [0.2, 0.25) is 0 Å². The molecule has 0 unspecified atom stereocenters. The molecule has 0 saturated carbocycles. The van der Waals surface area contributed by atoms with E-state index in [0.29, 0.717) is 12.8 Å². The van der Waals surface area contributed by atoms with Crippen LogP contribution in [0.1, 0.15) is 155 Å². The van der Waals surface area contributed by atoms with Crippen LogP contribution in [0, 0.1) is 0 Å². The molecule has 0 radical (unpaired) electrons. The van der Waals surface area contributed by atoms with Crippen LogP contribution >= 0.6 is 8.25 Å². The van der Waals surface area contributed by atoms with Gasteiger partial charge in [0, 0.05) is 4.57 Å². The number of unbranched alkanes of at least 4 members (excludes halogenated alkanes) is 18. The van der Waals surface area contributed by atoms with Crippen molar-refractivity contribution in [2.24, 2.45) is 11.5 Å². The Morgan fingerprint density at radius 2 is 0.750 bits per heavy atom. The fourth-order valence-electron chi connectivity index (χ4n) is 4.02. The monoisotopic (exact) mass is 475 g/mol. The van der Waals surface area contributed by atoms with E-state index in [9.17, 15) is 4.57 Å². The summed E-state index contributed by atoms with van der Waals surface area (Å²) in [5.74, 6) is 0. The Kier molecular flexibility index (Phi) is 25.5. The largest absolute Gasteiger partial charge is 0.700 e. The summed E-state index contributed by atoms with van der Waals surface area (Å²) in [6.07, 6.45) is 26.0. The Hall–Kier alpha value is -0.0600. The standard InChI is InChI=1S/C26H56N2O3P/c1-3-5-7-9-11-13-15-17-19-21-23-25(27)30-32(29)31-26(28)24-22-20-18-16-14-12-10-8-6-4-2/h25-26H,3-24,27-28H2,1-2H3/q+1/t25-,26-/m1/s1. The maximum Gasteiger partial charge on any atom is 0.700 e. The van der Waals surface area contributed by atoms with Gasteiger partial charge in [0.25, 0.3) is 0 Å². The smallest absolute Gasteiger partial charge is 0.302 e. The van der Waals surface area contributed by atoms with Gasteiger partial charge in [-0.1, -0.05) is 129 Å². The summed E-state index contributed by atoms with van der Waals surface area (Å²) >= 11 is 0. The maximum absolute atomic E-state index is 12.0. The molecular formula is C26H56N2O3P+. The van der Waals surface area contributed by atoms with E-state index in [2.05, 4.69) is 13.8 Å². The zero-order valence-electron chi connectivity index (χ0n) is 21.5. The molecule has 32 heavy (non-hydrogen) atoms. The van der Waals surface area contributed by atoms with Crippen LogP contribution in [0.25, 0.3) is 0 Å². The molecule has 0 aliphatic carbocycles. The van der Waals surface area contributed by atoms with Crippen molar-refractivity contribution in [2.75, 3.05) is 0 Å². The van der Waals surface area contributed by atoms with Crippen LogP contribution in [-0.2, 0) is 13.6 Å². The summed E-state index contributed by atoms with van der Waals surface area (Å²) in [6.45, 7) is 4.51. The summed E-state index contributed by atoms with van der Waals surface area (Å²) in [5.41, 5.74) is 11.9. The maximum atomic E-state index is 12.0. The van der Waals surface area contributed by atoms with Gasteiger partial charge in [0.05, 0.1) is 0 Å². The fraction of sp³-hybridized carbons (Fsp3) is 1.00. The summed E-state index contributed by atoms with van der Waals surface area (Å²) < 4.78 is 22.5. The summed E-state index contributed by atoms with van der Waals surface area (Å²) in [7, 11) is -2.24. The van der Waals surface area contributed by atoms with Crippen molar-refractivity contribution >= 4 is 8.25 Å². The minimum Gasteiger partial charge on any atom is -0.302 e. The third-order valence-electron chi connectivity index (χ3n) is 6.13. The van der Waals surface area contributed by atoms with Gasteiger partial charge in [-0.2, -0.15) is 0 Å². The van der Waals surface area contributed by atoms with Crippen LogP contribution in [0.15, 0.2) is 0 Å². The summed E-state index contributed by atoms with van der Waals surface area (Å²) in [5, 5.41) is 0. The molecule has 0 fully saturated rings. The molecule has 0 aromatic carbocycles. The first-order chi connectivity index (χ1) is 15.6. The van der Waals surface area contributed by atoms with Gasteiger partial charge >= 0.3 is 8.25 Å². The van der Waals surface area contributed by atoms with Crippen molar-refractivity contribution in [3.8, 4) is 0 Å². The molecule has 0 aromatic heterocycles. The highest BCUT2D eigenvalue weighted by molar-refractivity contribution is 7.33. The summed E-state index contributed by atoms with van der Waals surface area (Å²) in [6, 6.07) is 0. The molecular weight excluding hydrogens is 419 g/mol. The van der Waals surface area contributed by atoms with Crippen molar-refractivity contribution < 1.29 is 13.6 Å². The van der Waals surface area contributed by atoms with E-state index in [1.165, 1.54) is 103 Å². The lowest BCUT2D eigenvalue weighted by atomic mass is 10.1. The molecule has 2 atom stereocenters. The molecule has 4 N–H and O–H groups in total. The van der Waals surface area contributed by atoms with Gasteiger partial charge in [0.15, 0.2) is 12.5 Å². The molecule has 0 spiro atoms. The number of rotatable bonds is 26. The predicted octanol–water partition coefficient (Wildman–Crippen LogP) is 8.87. The molecule has 0 heterocycles. The van der Waals surface area contributed by atoms with Gasteiger partial charge < -0.3 is 11.5 Å². The number of hydrogen-bond donors (Lipinski definition) is 2. The van der Waals surface area contributed by atoms with Crippen molar-refractivity contribution in [2.45, 2.75) is 168 Å². The van der Waals surface area contributed by atoms with E-state index >= 15 is 0 Å². The van der Waals surface area contributed by atoms with Crippen LogP contribution in [-0.4, -0.2) is 12.5 Å². The molecule has 0 aliphatic heterocycles. The van der Waals surface area contributed by atoms with Crippen LogP contribution in [0.5, 0.6) is 0 Å². The molecule has 0 saturated heterocycles. The third kappa shape index (κ3) is 24.6. The van der Waals surface area contributed by atoms with E-state index in [1.54, 1.807) is 0 Å². The average Bonchev–Trinajstić information content (AvgIpc) is 2.76. The molecule has 0 rings (SSSR count). The van der Waals surface area contributed by atoms with E-state index < -0.39 is 20.7 Å². The quantitative estimate of drug-likeness (QED) is 0.0741. The normalized spacial score (nSPS) is 13.4. The summed E-state index contributed by atoms with van der Waals surface area (Å²) in [4.78, 5) is 0. The second-order valence-electron chi connectivity index (χ2n) is 9.45. The molecule has 5 nitrogen and oxygen atoms in total. The highest BCUT2D eigenvalue weighted by Gasteiger charge is 2.28. The molecule has 6 heteroatoms. The third-order valence-corrected chi connectivity index (χ3v) is 7.01. The van der Waals surface area contributed by atoms with E-state index in [1.807, 2.05) is 0 Å². The molecule has 0 bridgehead atoms. The first-order valence-corrected chi connectivity index (χ1v) is 15.0. The lowest BCUT2D eigenvalue weighted by Gasteiger charge is -2.07. The van der Waals surface area contributed by atoms with Crippen molar-refractivity contribution in [1.82, 2.24) is 0 Å². The minimum absolute atomic E-state index is 0.530. The fourth-order valence-corrected chi connectivity index (χ4v) is 4.72. The Bertz CT molecular complexity index is 365. The minimum atomic E-state index is -2.24. The Balaban J connectivity index is 3.45. The highest BCUT2D eigenvalue weighted by Crippen LogP contribution is 2.28. The zero-order chi connectivity index (χ0) is 23.7. The van der Waals surface area contributed by atoms with Crippen LogP contribution in [0.3, 0.4) is 0 Å². The van der Waals surface area contributed by atoms with Crippen LogP contribution in [0.2, 0.25) is 0 Å². The van der Waals surface area contributed by atoms with Crippen LogP contribution < -0.4 is 11.5 Å². The molecule has 0 aliphatic rings. The van der Waals surface area contributed by atoms with Gasteiger partial charge in [-0.05, 0) is 25.7 Å². The molecule has 0 aromatic rings. The lowest BCUT2D eigenvalue weighted by Crippen LogP contribution is -2.24. The Morgan fingerprint density at radius 3 is 1.03 bits per heavy atom. The van der Waals surface area contributed by atoms with E-state index in [-0.39, 0.29) is 0 Å². The lowest BCUT2D eigenvalue weighted by molar-refractivity contribution is 0.123. The Labute approximate surface area is 201 Å². The van der Waals surface area contributed by atoms with E-state index in [0.717, 1.165) is 25.7 Å². The SMILES string of the molecule is CCCCCCCCCCCC[C@H](N)O[P+](=O)O[C@@H](N)CCCCCCCCCCCC. The van der Waals surface area contributed by atoms with Crippen molar-refractivity contribution in [3.05, 3.63) is 0 Å². The van der Waals surface area contributed by atoms with Gasteiger partial charge in [-0.15, -0.1) is 9.05 Å². The molecule has 192 valence electrons. The molecule has 0 amide bonds. The Morgan fingerprint density at radius 1 is 0.500 bits per heavy atom. The highest BCUT2D eigenvalue weighted by atomic mass is 31.1. The zero-order valence-corrected chi connectivity index (χ0v) is 22.4. The van der Waals surface area contributed by atoms with Crippen molar-refractivity contribution in [3.63, 3.8) is 0 Å². The van der Waals surface area contributed by atoms with Gasteiger partial charge in [0.1, 0.15) is 0 Å². The van der Waals surface area contributed by atoms with Crippen LogP contribution in [0.4, 0.5) is 0 Å².